The van der Waals surface area contributed by atoms with Crippen molar-refractivity contribution in [2.45, 2.75) is 11.8 Å². The standard InChI is InChI=1S/C13H13N3O3S/c1-10(17)15-11-4-6-13(7-5-11)20(18,19)16-12-3-2-8-14-9-12/h2-9,16H,1H3,(H,15,17). The van der Waals surface area contributed by atoms with Gasteiger partial charge >= 0.3 is 0 Å². The number of aromatic nitrogens is 1. The van der Waals surface area contributed by atoms with Gasteiger partial charge in [-0.05, 0) is 36.4 Å². The van der Waals surface area contributed by atoms with Gasteiger partial charge in [-0.2, -0.15) is 0 Å². The number of amides is 1. The molecule has 0 saturated heterocycles. The molecule has 1 amide bonds. The molecule has 0 atom stereocenters. The van der Waals surface area contributed by atoms with Crippen molar-refractivity contribution in [3.05, 3.63) is 48.8 Å². The number of hydrogen-bond donors (Lipinski definition) is 2. The third kappa shape index (κ3) is 3.55. The fourth-order valence-corrected chi connectivity index (χ4v) is 2.60. The van der Waals surface area contributed by atoms with Crippen LogP contribution in [0.15, 0.2) is 53.7 Å². The summed E-state index contributed by atoms with van der Waals surface area (Å²) in [6, 6.07) is 9.14. The average molecular weight is 291 g/mol. The van der Waals surface area contributed by atoms with E-state index in [1.54, 1.807) is 18.3 Å². The third-order valence-corrected chi connectivity index (χ3v) is 3.80. The zero-order chi connectivity index (χ0) is 14.6. The van der Waals surface area contributed by atoms with Gasteiger partial charge in [0.25, 0.3) is 10.0 Å². The molecule has 2 aromatic rings. The number of benzene rings is 1. The van der Waals surface area contributed by atoms with Crippen molar-refractivity contribution < 1.29 is 13.2 Å². The Bertz CT molecular complexity index is 697. The second-order valence-corrected chi connectivity index (χ2v) is 5.74. The lowest BCUT2D eigenvalue weighted by molar-refractivity contribution is -0.114. The summed E-state index contributed by atoms with van der Waals surface area (Å²) < 4.78 is 26.6. The smallest absolute Gasteiger partial charge is 0.261 e. The van der Waals surface area contributed by atoms with Crippen molar-refractivity contribution in [3.8, 4) is 0 Å². The summed E-state index contributed by atoms with van der Waals surface area (Å²) in [5.74, 6) is -0.214. The van der Waals surface area contributed by atoms with Crippen LogP contribution in [0.2, 0.25) is 0 Å². The molecule has 0 aliphatic carbocycles. The molecule has 1 aromatic heterocycles. The zero-order valence-electron chi connectivity index (χ0n) is 10.7. The number of hydrogen-bond acceptors (Lipinski definition) is 4. The van der Waals surface area contributed by atoms with Crippen molar-refractivity contribution in [2.24, 2.45) is 0 Å². The Morgan fingerprint density at radius 1 is 1.10 bits per heavy atom. The number of rotatable bonds is 4. The summed E-state index contributed by atoms with van der Waals surface area (Å²) in [6.07, 6.45) is 2.98. The van der Waals surface area contributed by atoms with Crippen molar-refractivity contribution in [1.29, 1.82) is 0 Å². The highest BCUT2D eigenvalue weighted by Crippen LogP contribution is 2.17. The molecular formula is C13H13N3O3S. The fourth-order valence-electron chi connectivity index (χ4n) is 1.56. The number of carbonyl (C=O) groups excluding carboxylic acids is 1. The second-order valence-electron chi connectivity index (χ2n) is 4.05. The van der Waals surface area contributed by atoms with E-state index >= 15 is 0 Å². The number of nitrogens with zero attached hydrogens (tertiary/aromatic N) is 1. The Kier molecular flexibility index (Phi) is 3.99. The number of nitrogens with one attached hydrogen (secondary N) is 2. The lowest BCUT2D eigenvalue weighted by Crippen LogP contribution is -2.13. The molecule has 104 valence electrons. The first kappa shape index (κ1) is 14.0. The van der Waals surface area contributed by atoms with Gasteiger partial charge in [0.05, 0.1) is 16.8 Å². The Hall–Kier alpha value is -2.41. The normalized spacial score (nSPS) is 10.8. The van der Waals surface area contributed by atoms with E-state index in [1.807, 2.05) is 0 Å². The monoisotopic (exact) mass is 291 g/mol. The summed E-state index contributed by atoms with van der Waals surface area (Å²) >= 11 is 0. The van der Waals surface area contributed by atoms with Crippen molar-refractivity contribution >= 4 is 27.3 Å². The lowest BCUT2D eigenvalue weighted by Gasteiger charge is -2.08. The van der Waals surface area contributed by atoms with Gasteiger partial charge in [-0.3, -0.25) is 14.5 Å². The molecule has 6 nitrogen and oxygen atoms in total. The highest BCUT2D eigenvalue weighted by Gasteiger charge is 2.14. The Morgan fingerprint density at radius 3 is 2.35 bits per heavy atom. The van der Waals surface area contributed by atoms with Crippen molar-refractivity contribution in [1.82, 2.24) is 4.98 Å². The van der Waals surface area contributed by atoms with E-state index in [1.165, 1.54) is 37.4 Å². The van der Waals surface area contributed by atoms with Crippen LogP contribution in [-0.4, -0.2) is 19.3 Å². The molecule has 1 heterocycles. The van der Waals surface area contributed by atoms with E-state index < -0.39 is 10.0 Å². The number of pyridine rings is 1. The van der Waals surface area contributed by atoms with Crippen LogP contribution in [0, 0.1) is 0 Å². The molecule has 0 fully saturated rings. The zero-order valence-corrected chi connectivity index (χ0v) is 11.5. The molecule has 0 unspecified atom stereocenters. The van der Waals surface area contributed by atoms with Gasteiger partial charge in [0.15, 0.2) is 0 Å². The molecule has 0 saturated carbocycles. The predicted molar refractivity (Wildman–Crippen MR) is 75.8 cm³/mol. The maximum Gasteiger partial charge on any atom is 0.261 e. The molecule has 1 aromatic carbocycles. The van der Waals surface area contributed by atoms with Gasteiger partial charge in [0, 0.05) is 18.8 Å². The minimum atomic E-state index is -3.66. The van der Waals surface area contributed by atoms with Crippen molar-refractivity contribution in [2.75, 3.05) is 10.0 Å². The number of carbonyl (C=O) groups is 1. The Balaban J connectivity index is 2.19. The Morgan fingerprint density at radius 2 is 1.80 bits per heavy atom. The van der Waals surface area contributed by atoms with Gasteiger partial charge in [0.2, 0.25) is 5.91 Å². The summed E-state index contributed by atoms with van der Waals surface area (Å²) in [5, 5.41) is 2.57. The average Bonchev–Trinajstić information content (AvgIpc) is 2.39. The van der Waals surface area contributed by atoms with E-state index in [-0.39, 0.29) is 10.8 Å². The third-order valence-electron chi connectivity index (χ3n) is 2.40. The minimum Gasteiger partial charge on any atom is -0.326 e. The van der Waals surface area contributed by atoms with Crippen LogP contribution in [0.3, 0.4) is 0 Å². The largest absolute Gasteiger partial charge is 0.326 e. The number of anilines is 2. The molecule has 20 heavy (non-hydrogen) atoms. The molecule has 2 rings (SSSR count). The topological polar surface area (TPSA) is 88.2 Å². The summed E-state index contributed by atoms with van der Waals surface area (Å²) in [7, 11) is -3.66. The van der Waals surface area contributed by atoms with E-state index in [0.717, 1.165) is 0 Å². The summed E-state index contributed by atoms with van der Waals surface area (Å²) in [5.41, 5.74) is 0.927. The summed E-state index contributed by atoms with van der Waals surface area (Å²) in [6.45, 7) is 1.38. The second kappa shape index (κ2) is 5.70. The molecule has 7 heteroatoms. The first-order valence-electron chi connectivity index (χ1n) is 5.78. The van der Waals surface area contributed by atoms with Crippen LogP contribution < -0.4 is 10.0 Å². The van der Waals surface area contributed by atoms with Crippen LogP contribution in [-0.2, 0) is 14.8 Å². The van der Waals surface area contributed by atoms with Gasteiger partial charge in [-0.25, -0.2) is 8.42 Å². The molecule has 2 N–H and O–H groups in total. The maximum atomic E-state index is 12.1. The highest BCUT2D eigenvalue weighted by atomic mass is 32.2. The van der Waals surface area contributed by atoms with E-state index in [0.29, 0.717) is 11.4 Å². The van der Waals surface area contributed by atoms with Crippen LogP contribution in [0.5, 0.6) is 0 Å². The SMILES string of the molecule is CC(=O)Nc1ccc(S(=O)(=O)Nc2cccnc2)cc1. The van der Waals surface area contributed by atoms with Gasteiger partial charge < -0.3 is 5.32 Å². The molecule has 0 radical (unpaired) electrons. The fraction of sp³-hybridized carbons (Fsp3) is 0.0769. The van der Waals surface area contributed by atoms with Crippen LogP contribution in [0.1, 0.15) is 6.92 Å². The van der Waals surface area contributed by atoms with E-state index in [9.17, 15) is 13.2 Å². The van der Waals surface area contributed by atoms with Gasteiger partial charge in [-0.1, -0.05) is 0 Å². The molecule has 0 aliphatic heterocycles. The van der Waals surface area contributed by atoms with Crippen molar-refractivity contribution in [3.63, 3.8) is 0 Å². The first-order valence-corrected chi connectivity index (χ1v) is 7.26. The quantitative estimate of drug-likeness (QED) is 0.899. The Labute approximate surface area is 116 Å². The molecule has 0 bridgehead atoms. The highest BCUT2D eigenvalue weighted by molar-refractivity contribution is 7.92. The first-order chi connectivity index (χ1) is 9.47. The van der Waals surface area contributed by atoms with Gasteiger partial charge in [0.1, 0.15) is 0 Å². The maximum absolute atomic E-state index is 12.1. The predicted octanol–water partition coefficient (Wildman–Crippen LogP) is 1.84. The van der Waals surface area contributed by atoms with Crippen LogP contribution in [0.4, 0.5) is 11.4 Å². The number of sulfonamides is 1. The lowest BCUT2D eigenvalue weighted by atomic mass is 10.3. The molecular weight excluding hydrogens is 278 g/mol. The minimum absolute atomic E-state index is 0.107. The van der Waals surface area contributed by atoms with E-state index in [4.69, 9.17) is 0 Å². The molecule has 0 aliphatic rings. The molecule has 0 spiro atoms. The van der Waals surface area contributed by atoms with E-state index in [2.05, 4.69) is 15.0 Å². The van der Waals surface area contributed by atoms with Gasteiger partial charge in [-0.15, -0.1) is 0 Å². The van der Waals surface area contributed by atoms with Crippen LogP contribution >= 0.6 is 0 Å². The van der Waals surface area contributed by atoms with Crippen LogP contribution in [0.25, 0.3) is 0 Å². The summed E-state index contributed by atoms with van der Waals surface area (Å²) in [4.78, 5) is 14.8.